The highest BCUT2D eigenvalue weighted by Gasteiger charge is 2.02. The van der Waals surface area contributed by atoms with E-state index in [0.29, 0.717) is 5.56 Å². The molecule has 0 spiro atoms. The lowest BCUT2D eigenvalue weighted by atomic mass is 10.2. The smallest absolute Gasteiger partial charge is 0.159 e. The molecule has 0 saturated carbocycles. The average molecular weight is 277 g/mol. The summed E-state index contributed by atoms with van der Waals surface area (Å²) in [6.07, 6.45) is 1.53. The van der Waals surface area contributed by atoms with Gasteiger partial charge >= 0.3 is 0 Å². The van der Waals surface area contributed by atoms with Crippen molar-refractivity contribution in [3.05, 3.63) is 65.2 Å². The Morgan fingerprint density at radius 1 is 1.05 bits per heavy atom. The second kappa shape index (κ2) is 6.65. The van der Waals surface area contributed by atoms with Gasteiger partial charge in [0.15, 0.2) is 11.6 Å². The van der Waals surface area contributed by atoms with E-state index in [1.165, 1.54) is 12.3 Å². The van der Waals surface area contributed by atoms with Crippen LogP contribution in [0.25, 0.3) is 0 Å². The van der Waals surface area contributed by atoms with Crippen LogP contribution in [0.15, 0.2) is 47.6 Å². The quantitative estimate of drug-likeness (QED) is 0.618. The Bertz CT molecular complexity index is 597. The van der Waals surface area contributed by atoms with Crippen molar-refractivity contribution in [2.24, 2.45) is 5.16 Å². The zero-order valence-corrected chi connectivity index (χ0v) is 10.8. The first-order valence-corrected chi connectivity index (χ1v) is 5.92. The first kappa shape index (κ1) is 14.0. The Hall–Kier alpha value is -2.43. The van der Waals surface area contributed by atoms with Crippen LogP contribution in [0.3, 0.4) is 0 Å². The summed E-state index contributed by atoms with van der Waals surface area (Å²) in [4.78, 5) is 5.02. The summed E-state index contributed by atoms with van der Waals surface area (Å²) in [5.41, 5.74) is 1.35. The van der Waals surface area contributed by atoms with E-state index in [2.05, 4.69) is 5.16 Å². The summed E-state index contributed by atoms with van der Waals surface area (Å²) >= 11 is 0. The minimum absolute atomic E-state index is 0.0733. The molecule has 0 aliphatic carbocycles. The molecule has 2 rings (SSSR count). The number of nitrogens with zero attached hydrogens (tertiary/aromatic N) is 1. The summed E-state index contributed by atoms with van der Waals surface area (Å²) in [5, 5.41) is 3.76. The van der Waals surface area contributed by atoms with Gasteiger partial charge in [0.05, 0.1) is 13.3 Å². The Labute approximate surface area is 115 Å². The molecule has 0 N–H and O–H groups in total. The van der Waals surface area contributed by atoms with Crippen LogP contribution in [0.2, 0.25) is 0 Å². The second-order valence-electron chi connectivity index (χ2n) is 4.03. The molecular formula is C15H13F2NO2. The lowest BCUT2D eigenvalue weighted by molar-refractivity contribution is 0.132. The molecule has 0 saturated heterocycles. The van der Waals surface area contributed by atoms with E-state index in [1.807, 2.05) is 12.1 Å². The zero-order chi connectivity index (χ0) is 14.4. The number of ether oxygens (including phenoxy) is 1. The zero-order valence-electron chi connectivity index (χ0n) is 10.8. The first-order chi connectivity index (χ1) is 9.69. The molecule has 0 amide bonds. The number of benzene rings is 2. The Morgan fingerprint density at radius 2 is 1.80 bits per heavy atom. The van der Waals surface area contributed by atoms with Gasteiger partial charge in [0, 0.05) is 0 Å². The number of hydrogen-bond acceptors (Lipinski definition) is 3. The predicted molar refractivity (Wildman–Crippen MR) is 71.7 cm³/mol. The van der Waals surface area contributed by atoms with Crippen LogP contribution in [0.5, 0.6) is 5.75 Å². The van der Waals surface area contributed by atoms with Gasteiger partial charge in [-0.15, -0.1) is 0 Å². The molecule has 3 nitrogen and oxygen atoms in total. The van der Waals surface area contributed by atoms with Crippen molar-refractivity contribution >= 4 is 6.21 Å². The van der Waals surface area contributed by atoms with Crippen molar-refractivity contribution in [2.75, 3.05) is 7.11 Å². The van der Waals surface area contributed by atoms with Crippen LogP contribution in [-0.2, 0) is 11.4 Å². The molecule has 2 aromatic rings. The van der Waals surface area contributed by atoms with E-state index in [9.17, 15) is 8.78 Å². The molecule has 0 aliphatic rings. The van der Waals surface area contributed by atoms with Gasteiger partial charge in [0.2, 0.25) is 0 Å². The molecule has 0 aliphatic heterocycles. The third kappa shape index (κ3) is 3.78. The van der Waals surface area contributed by atoms with Crippen molar-refractivity contribution in [1.29, 1.82) is 0 Å². The number of oxime groups is 1. The topological polar surface area (TPSA) is 30.8 Å². The van der Waals surface area contributed by atoms with E-state index in [0.717, 1.165) is 23.4 Å². The van der Waals surface area contributed by atoms with Crippen molar-refractivity contribution in [1.82, 2.24) is 0 Å². The molecule has 0 radical (unpaired) electrons. The molecule has 20 heavy (non-hydrogen) atoms. The number of hydrogen-bond donors (Lipinski definition) is 0. The van der Waals surface area contributed by atoms with Gasteiger partial charge in [-0.3, -0.25) is 0 Å². The lowest BCUT2D eigenvalue weighted by Crippen LogP contribution is -1.92. The van der Waals surface area contributed by atoms with Crippen molar-refractivity contribution < 1.29 is 18.4 Å². The van der Waals surface area contributed by atoms with Gasteiger partial charge in [-0.2, -0.15) is 0 Å². The highest BCUT2D eigenvalue weighted by atomic mass is 19.2. The maximum atomic E-state index is 12.9. The third-order valence-corrected chi connectivity index (χ3v) is 2.61. The first-order valence-electron chi connectivity index (χ1n) is 5.92. The van der Waals surface area contributed by atoms with Gasteiger partial charge in [-0.1, -0.05) is 11.2 Å². The van der Waals surface area contributed by atoms with Gasteiger partial charge in [0.1, 0.15) is 12.4 Å². The van der Waals surface area contributed by atoms with Crippen LogP contribution in [-0.4, -0.2) is 13.3 Å². The van der Waals surface area contributed by atoms with E-state index in [4.69, 9.17) is 9.57 Å². The fraction of sp³-hybridized carbons (Fsp3) is 0.133. The molecule has 104 valence electrons. The van der Waals surface area contributed by atoms with Crippen LogP contribution in [0, 0.1) is 11.6 Å². The van der Waals surface area contributed by atoms with Crippen LogP contribution < -0.4 is 4.74 Å². The fourth-order valence-corrected chi connectivity index (χ4v) is 1.53. The maximum absolute atomic E-state index is 12.9. The summed E-state index contributed by atoms with van der Waals surface area (Å²) in [7, 11) is 1.59. The van der Waals surface area contributed by atoms with E-state index in [1.54, 1.807) is 19.2 Å². The van der Waals surface area contributed by atoms with Crippen molar-refractivity contribution in [2.45, 2.75) is 6.61 Å². The largest absolute Gasteiger partial charge is 0.497 e. The molecule has 0 aromatic heterocycles. The summed E-state index contributed by atoms with van der Waals surface area (Å²) in [6, 6.07) is 10.8. The predicted octanol–water partition coefficient (Wildman–Crippen LogP) is 3.52. The van der Waals surface area contributed by atoms with Crippen LogP contribution in [0.4, 0.5) is 8.78 Å². The van der Waals surface area contributed by atoms with E-state index >= 15 is 0 Å². The Kier molecular flexibility index (Phi) is 4.65. The number of methoxy groups -OCH3 is 1. The van der Waals surface area contributed by atoms with Crippen molar-refractivity contribution in [3.63, 3.8) is 0 Å². The van der Waals surface area contributed by atoms with Crippen molar-refractivity contribution in [3.8, 4) is 5.75 Å². The van der Waals surface area contributed by atoms with Gasteiger partial charge in [0.25, 0.3) is 0 Å². The molecule has 5 heteroatoms. The van der Waals surface area contributed by atoms with Gasteiger partial charge in [-0.25, -0.2) is 8.78 Å². The molecule has 0 bridgehead atoms. The SMILES string of the molecule is COc1ccc(C=NOCc2ccc(F)c(F)c2)cc1. The number of rotatable bonds is 5. The van der Waals surface area contributed by atoms with Crippen LogP contribution >= 0.6 is 0 Å². The average Bonchev–Trinajstić information content (AvgIpc) is 2.48. The maximum Gasteiger partial charge on any atom is 0.159 e. The molecule has 0 atom stereocenters. The normalized spacial score (nSPS) is 10.8. The molecule has 2 aromatic carbocycles. The summed E-state index contributed by atoms with van der Waals surface area (Å²) < 4.78 is 30.7. The third-order valence-electron chi connectivity index (χ3n) is 2.61. The molecule has 0 fully saturated rings. The highest BCUT2D eigenvalue weighted by Crippen LogP contribution is 2.11. The standard InChI is InChI=1S/C15H13F2NO2/c1-19-13-5-2-11(3-6-13)9-18-20-10-12-4-7-14(16)15(17)8-12/h2-9H,10H2,1H3. The van der Waals surface area contributed by atoms with Gasteiger partial charge in [-0.05, 0) is 47.5 Å². The Balaban J connectivity index is 1.88. The lowest BCUT2D eigenvalue weighted by Gasteiger charge is -2.01. The Morgan fingerprint density at radius 3 is 2.45 bits per heavy atom. The fourth-order valence-electron chi connectivity index (χ4n) is 1.53. The minimum Gasteiger partial charge on any atom is -0.497 e. The summed E-state index contributed by atoms with van der Waals surface area (Å²) in [5.74, 6) is -1.02. The molecule has 0 heterocycles. The van der Waals surface area contributed by atoms with E-state index in [-0.39, 0.29) is 6.61 Å². The second-order valence-corrected chi connectivity index (χ2v) is 4.03. The van der Waals surface area contributed by atoms with Gasteiger partial charge < -0.3 is 9.57 Å². The molecule has 0 unspecified atom stereocenters. The van der Waals surface area contributed by atoms with Crippen LogP contribution in [0.1, 0.15) is 11.1 Å². The summed E-state index contributed by atoms with van der Waals surface area (Å²) in [6.45, 7) is 0.0733. The number of halogens is 2. The monoisotopic (exact) mass is 277 g/mol. The van der Waals surface area contributed by atoms with E-state index < -0.39 is 11.6 Å². The highest BCUT2D eigenvalue weighted by molar-refractivity contribution is 5.79. The molecular weight excluding hydrogens is 264 g/mol. The minimum atomic E-state index is -0.898.